The second kappa shape index (κ2) is 5.28. The van der Waals surface area contributed by atoms with Gasteiger partial charge in [-0.05, 0) is 18.1 Å². The van der Waals surface area contributed by atoms with Gasteiger partial charge in [0.25, 0.3) is 0 Å². The lowest BCUT2D eigenvalue weighted by Gasteiger charge is -2.32. The molecule has 2 heteroatoms. The Morgan fingerprint density at radius 3 is 2.88 bits per heavy atom. The number of nitrogens with zero attached hydrogens (tertiary/aromatic N) is 1. The third kappa shape index (κ3) is 2.94. The predicted octanol–water partition coefficient (Wildman–Crippen LogP) is 1.99. The minimum atomic E-state index is 0.595. The second-order valence-electron chi connectivity index (χ2n) is 4.56. The summed E-state index contributed by atoms with van der Waals surface area (Å²) in [5.41, 5.74) is 2.48. The molecule has 1 aliphatic rings. The third-order valence-electron chi connectivity index (χ3n) is 3.05. The molecule has 0 radical (unpaired) electrons. The van der Waals surface area contributed by atoms with Crippen LogP contribution in [0.3, 0.4) is 0 Å². The van der Waals surface area contributed by atoms with Gasteiger partial charge in [-0.25, -0.2) is 0 Å². The summed E-state index contributed by atoms with van der Waals surface area (Å²) in [6, 6.07) is 11.0. The number of nitrogens with one attached hydrogen (secondary N) is 1. The van der Waals surface area contributed by atoms with Crippen molar-refractivity contribution in [3.63, 3.8) is 0 Å². The predicted molar refractivity (Wildman–Crippen MR) is 69.4 cm³/mol. The highest BCUT2D eigenvalue weighted by atomic mass is 15.2. The molecule has 0 bridgehead atoms. The Morgan fingerprint density at radius 1 is 1.44 bits per heavy atom. The first-order chi connectivity index (χ1) is 7.75. The van der Waals surface area contributed by atoms with Gasteiger partial charge >= 0.3 is 0 Å². The zero-order valence-corrected chi connectivity index (χ0v) is 9.95. The van der Waals surface area contributed by atoms with Crippen molar-refractivity contribution in [2.45, 2.75) is 13.0 Å². The van der Waals surface area contributed by atoms with Crippen LogP contribution in [0.2, 0.25) is 0 Å². The van der Waals surface area contributed by atoms with Gasteiger partial charge in [0, 0.05) is 32.2 Å². The van der Waals surface area contributed by atoms with E-state index in [0.717, 1.165) is 26.2 Å². The molecule has 0 aromatic heterocycles. The molecule has 1 aromatic carbocycles. The maximum absolute atomic E-state index is 4.18. The van der Waals surface area contributed by atoms with Crippen molar-refractivity contribution in [3.8, 4) is 0 Å². The van der Waals surface area contributed by atoms with E-state index >= 15 is 0 Å². The minimum absolute atomic E-state index is 0.595. The van der Waals surface area contributed by atoms with Gasteiger partial charge in [0.15, 0.2) is 0 Å². The van der Waals surface area contributed by atoms with Crippen LogP contribution in [0.1, 0.15) is 12.5 Å². The molecule has 0 amide bonds. The number of hydrogen-bond acceptors (Lipinski definition) is 2. The first kappa shape index (κ1) is 11.4. The molecule has 1 aliphatic heterocycles. The van der Waals surface area contributed by atoms with Gasteiger partial charge in [-0.3, -0.25) is 4.90 Å². The molecule has 0 saturated carbocycles. The van der Waals surface area contributed by atoms with E-state index in [1.807, 2.05) is 6.07 Å². The Morgan fingerprint density at radius 2 is 2.19 bits per heavy atom. The number of benzene rings is 1. The van der Waals surface area contributed by atoms with Crippen LogP contribution in [0.15, 0.2) is 36.9 Å². The van der Waals surface area contributed by atoms with Crippen molar-refractivity contribution >= 4 is 5.57 Å². The Labute approximate surface area is 98.0 Å². The molecular weight excluding hydrogens is 196 g/mol. The normalized spacial score (nSPS) is 21.9. The smallest absolute Gasteiger partial charge is 0.0234 e. The summed E-state index contributed by atoms with van der Waals surface area (Å²) in [5.74, 6) is 0. The molecule has 1 fully saturated rings. The van der Waals surface area contributed by atoms with Crippen molar-refractivity contribution in [2.75, 3.05) is 26.2 Å². The summed E-state index contributed by atoms with van der Waals surface area (Å²) < 4.78 is 0. The lowest BCUT2D eigenvalue weighted by Crippen LogP contribution is -2.49. The lowest BCUT2D eigenvalue weighted by atomic mass is 10.1. The monoisotopic (exact) mass is 216 g/mol. The van der Waals surface area contributed by atoms with Gasteiger partial charge in [0.2, 0.25) is 0 Å². The first-order valence-electron chi connectivity index (χ1n) is 5.94. The molecular formula is C14H20N2. The van der Waals surface area contributed by atoms with Crippen molar-refractivity contribution in [1.29, 1.82) is 0 Å². The quantitative estimate of drug-likeness (QED) is 0.831. The zero-order chi connectivity index (χ0) is 11.4. The highest BCUT2D eigenvalue weighted by Gasteiger charge is 2.15. The average molecular weight is 216 g/mol. The SMILES string of the molecule is C=C(CN1CCNC(C)C1)c1ccccc1. The van der Waals surface area contributed by atoms with Crippen molar-refractivity contribution in [2.24, 2.45) is 0 Å². The molecule has 1 unspecified atom stereocenters. The van der Waals surface area contributed by atoms with Crippen LogP contribution in [0, 0.1) is 0 Å². The fourth-order valence-electron chi connectivity index (χ4n) is 2.19. The number of piperazine rings is 1. The lowest BCUT2D eigenvalue weighted by molar-refractivity contribution is 0.229. The summed E-state index contributed by atoms with van der Waals surface area (Å²) in [5, 5.41) is 3.45. The van der Waals surface area contributed by atoms with E-state index in [2.05, 4.69) is 48.0 Å². The second-order valence-corrected chi connectivity index (χ2v) is 4.56. The van der Waals surface area contributed by atoms with E-state index in [4.69, 9.17) is 0 Å². The van der Waals surface area contributed by atoms with E-state index < -0.39 is 0 Å². The van der Waals surface area contributed by atoms with E-state index in [1.165, 1.54) is 11.1 Å². The van der Waals surface area contributed by atoms with Crippen LogP contribution in [0.25, 0.3) is 5.57 Å². The molecule has 1 aromatic rings. The largest absolute Gasteiger partial charge is 0.312 e. The highest BCUT2D eigenvalue weighted by molar-refractivity contribution is 5.64. The fraction of sp³-hybridized carbons (Fsp3) is 0.429. The summed E-state index contributed by atoms with van der Waals surface area (Å²) in [7, 11) is 0. The molecule has 1 heterocycles. The van der Waals surface area contributed by atoms with Gasteiger partial charge < -0.3 is 5.32 Å². The van der Waals surface area contributed by atoms with Crippen LogP contribution in [0.4, 0.5) is 0 Å². The Bertz CT molecular complexity index is 345. The summed E-state index contributed by atoms with van der Waals surface area (Å²) >= 11 is 0. The van der Waals surface area contributed by atoms with Crippen LogP contribution in [-0.2, 0) is 0 Å². The molecule has 0 aliphatic carbocycles. The zero-order valence-electron chi connectivity index (χ0n) is 9.95. The number of hydrogen-bond donors (Lipinski definition) is 1. The van der Waals surface area contributed by atoms with E-state index in [0.29, 0.717) is 6.04 Å². The summed E-state index contributed by atoms with van der Waals surface area (Å²) in [6.45, 7) is 10.7. The highest BCUT2D eigenvalue weighted by Crippen LogP contribution is 2.14. The fourth-order valence-corrected chi connectivity index (χ4v) is 2.19. The van der Waals surface area contributed by atoms with Crippen molar-refractivity contribution in [1.82, 2.24) is 10.2 Å². The van der Waals surface area contributed by atoms with E-state index in [1.54, 1.807) is 0 Å². The van der Waals surface area contributed by atoms with Crippen molar-refractivity contribution in [3.05, 3.63) is 42.5 Å². The minimum Gasteiger partial charge on any atom is -0.312 e. The molecule has 1 saturated heterocycles. The van der Waals surface area contributed by atoms with Gasteiger partial charge in [-0.1, -0.05) is 36.9 Å². The maximum Gasteiger partial charge on any atom is 0.0234 e. The van der Waals surface area contributed by atoms with Crippen LogP contribution >= 0.6 is 0 Å². The Hall–Kier alpha value is -1.12. The van der Waals surface area contributed by atoms with Gasteiger partial charge in [0.1, 0.15) is 0 Å². The summed E-state index contributed by atoms with van der Waals surface area (Å²) in [4.78, 5) is 2.47. The molecule has 1 N–H and O–H groups in total. The van der Waals surface area contributed by atoms with Gasteiger partial charge in [-0.15, -0.1) is 0 Å². The summed E-state index contributed by atoms with van der Waals surface area (Å²) in [6.07, 6.45) is 0. The van der Waals surface area contributed by atoms with Gasteiger partial charge in [-0.2, -0.15) is 0 Å². The number of rotatable bonds is 3. The standard InChI is InChI=1S/C14H20N2/c1-12(14-6-4-3-5-7-14)10-16-9-8-15-13(2)11-16/h3-7,13,15H,1,8-11H2,2H3. The average Bonchev–Trinajstić information content (AvgIpc) is 2.30. The van der Waals surface area contributed by atoms with E-state index in [9.17, 15) is 0 Å². The Kier molecular flexibility index (Phi) is 3.75. The van der Waals surface area contributed by atoms with Crippen LogP contribution < -0.4 is 5.32 Å². The molecule has 16 heavy (non-hydrogen) atoms. The maximum atomic E-state index is 4.18. The topological polar surface area (TPSA) is 15.3 Å². The molecule has 2 rings (SSSR count). The molecule has 1 atom stereocenters. The molecule has 0 spiro atoms. The van der Waals surface area contributed by atoms with Crippen molar-refractivity contribution < 1.29 is 0 Å². The van der Waals surface area contributed by atoms with Crippen LogP contribution in [0.5, 0.6) is 0 Å². The van der Waals surface area contributed by atoms with E-state index in [-0.39, 0.29) is 0 Å². The van der Waals surface area contributed by atoms with Crippen LogP contribution in [-0.4, -0.2) is 37.1 Å². The molecule has 86 valence electrons. The van der Waals surface area contributed by atoms with Gasteiger partial charge in [0.05, 0.1) is 0 Å². The third-order valence-corrected chi connectivity index (χ3v) is 3.05. The Balaban J connectivity index is 1.92. The first-order valence-corrected chi connectivity index (χ1v) is 5.94. The molecule has 2 nitrogen and oxygen atoms in total.